The molecule has 0 bridgehead atoms. The molecule has 0 saturated carbocycles. The summed E-state index contributed by atoms with van der Waals surface area (Å²) in [7, 11) is -8.35. The Labute approximate surface area is 98.8 Å². The van der Waals surface area contributed by atoms with Gasteiger partial charge in [0, 0.05) is 16.5 Å². The van der Waals surface area contributed by atoms with Crippen molar-refractivity contribution >= 4 is 20.8 Å². The molecule has 0 spiro atoms. The second-order valence-corrected chi connectivity index (χ2v) is 3.85. The van der Waals surface area contributed by atoms with Gasteiger partial charge in [-0.3, -0.25) is 9.11 Å². The molecule has 98 valence electrons. The quantitative estimate of drug-likeness (QED) is 0.532. The Balaban J connectivity index is -0.000000180. The number of hydrogen-bond donors (Lipinski definition) is 2. The van der Waals surface area contributed by atoms with Gasteiger partial charge in [0.15, 0.2) is 0 Å². The number of hydrogen-bond acceptors (Lipinski definition) is 6. The van der Waals surface area contributed by atoms with Gasteiger partial charge >= 0.3 is 20.8 Å². The minimum Gasteiger partial charge on any atom is -0.264 e. The topological polar surface area (TPSA) is 127 Å². The molecular formula is C4H12NiO8S2. The third kappa shape index (κ3) is 31.4. The minimum atomic E-state index is -4.17. The maximum atomic E-state index is 9.56. The summed E-state index contributed by atoms with van der Waals surface area (Å²) >= 11 is 0. The molecule has 2 N–H and O–H groups in total. The molecule has 0 rings (SSSR count). The molecule has 0 aromatic carbocycles. The van der Waals surface area contributed by atoms with Gasteiger partial charge in [-0.15, -0.1) is 0 Å². The smallest absolute Gasteiger partial charge is 0.264 e. The van der Waals surface area contributed by atoms with Gasteiger partial charge in [0.25, 0.3) is 0 Å². The summed E-state index contributed by atoms with van der Waals surface area (Å²) in [4.78, 5) is 0. The zero-order valence-corrected chi connectivity index (χ0v) is 10.5. The summed E-state index contributed by atoms with van der Waals surface area (Å²) in [6, 6.07) is 0. The van der Waals surface area contributed by atoms with Crippen molar-refractivity contribution in [1.82, 2.24) is 0 Å². The van der Waals surface area contributed by atoms with E-state index in [0.29, 0.717) is 0 Å². The standard InChI is InChI=1S/2C2H6O4S.Ni/c2*1-2-6-7(3,4)5;/h2*2H2,1H3,(H,3,4,5);. The van der Waals surface area contributed by atoms with Crippen LogP contribution >= 0.6 is 0 Å². The fourth-order valence-corrected chi connectivity index (χ4v) is 0.894. The largest absolute Gasteiger partial charge is 0.397 e. The van der Waals surface area contributed by atoms with Gasteiger partial charge < -0.3 is 0 Å². The van der Waals surface area contributed by atoms with E-state index >= 15 is 0 Å². The van der Waals surface area contributed by atoms with Crippen LogP contribution in [-0.4, -0.2) is 39.2 Å². The molecule has 11 heteroatoms. The van der Waals surface area contributed by atoms with E-state index in [1.54, 1.807) is 0 Å². The summed E-state index contributed by atoms with van der Waals surface area (Å²) < 4.78 is 61.3. The molecule has 0 heterocycles. The van der Waals surface area contributed by atoms with Crippen molar-refractivity contribution in [3.05, 3.63) is 0 Å². The molecule has 0 aliphatic rings. The first kappa shape index (κ1) is 20.6. The van der Waals surface area contributed by atoms with Crippen molar-refractivity contribution in [2.75, 3.05) is 13.2 Å². The van der Waals surface area contributed by atoms with Crippen LogP contribution in [0.2, 0.25) is 0 Å². The molecule has 0 radical (unpaired) electrons. The van der Waals surface area contributed by atoms with Gasteiger partial charge in [0.05, 0.1) is 13.2 Å². The normalized spacial score (nSPS) is 10.9. The van der Waals surface area contributed by atoms with Crippen LogP contribution in [0.1, 0.15) is 13.8 Å². The molecule has 0 aromatic heterocycles. The predicted molar refractivity (Wildman–Crippen MR) is 46.3 cm³/mol. The fourth-order valence-electron chi connectivity index (χ4n) is 0.298. The molecule has 0 amide bonds. The van der Waals surface area contributed by atoms with Crippen LogP contribution in [0.4, 0.5) is 0 Å². The Morgan fingerprint density at radius 1 is 0.867 bits per heavy atom. The van der Waals surface area contributed by atoms with Crippen molar-refractivity contribution in [2.24, 2.45) is 0 Å². The van der Waals surface area contributed by atoms with Gasteiger partial charge in [-0.1, -0.05) is 0 Å². The van der Waals surface area contributed by atoms with E-state index in [1.165, 1.54) is 13.8 Å². The van der Waals surface area contributed by atoms with Gasteiger partial charge in [0.2, 0.25) is 0 Å². The average molecular weight is 311 g/mol. The molecule has 8 nitrogen and oxygen atoms in total. The SMILES string of the molecule is CCOS(=O)(=O)O.CCOS(=O)(=O)O.[Ni]. The van der Waals surface area contributed by atoms with Gasteiger partial charge in [-0.05, 0) is 13.8 Å². The van der Waals surface area contributed by atoms with Gasteiger partial charge in [-0.25, -0.2) is 8.37 Å². The maximum absolute atomic E-state index is 9.56. The van der Waals surface area contributed by atoms with Crippen molar-refractivity contribution in [1.29, 1.82) is 0 Å². The van der Waals surface area contributed by atoms with E-state index in [1.807, 2.05) is 0 Å². The van der Waals surface area contributed by atoms with Crippen LogP contribution < -0.4 is 0 Å². The predicted octanol–water partition coefficient (Wildman–Crippen LogP) is -0.351. The zero-order chi connectivity index (χ0) is 11.8. The Bertz CT molecular complexity index is 285. The fraction of sp³-hybridized carbons (Fsp3) is 1.00. The first-order chi connectivity index (χ1) is 6.12. The first-order valence-electron chi connectivity index (χ1n) is 3.36. The van der Waals surface area contributed by atoms with E-state index in [2.05, 4.69) is 8.37 Å². The average Bonchev–Trinajstić information content (AvgIpc) is 1.81. The summed E-state index contributed by atoms with van der Waals surface area (Å²) in [5.74, 6) is 0. The monoisotopic (exact) mass is 310 g/mol. The summed E-state index contributed by atoms with van der Waals surface area (Å²) in [5.41, 5.74) is 0. The van der Waals surface area contributed by atoms with Gasteiger partial charge in [-0.2, -0.15) is 16.8 Å². The second kappa shape index (κ2) is 9.46. The van der Waals surface area contributed by atoms with Crippen LogP contribution in [0.5, 0.6) is 0 Å². The first-order valence-corrected chi connectivity index (χ1v) is 6.09. The third-order valence-electron chi connectivity index (χ3n) is 0.534. The maximum Gasteiger partial charge on any atom is 0.397 e. The number of rotatable bonds is 4. The molecule has 0 unspecified atom stereocenters. The molecule has 0 saturated heterocycles. The van der Waals surface area contributed by atoms with E-state index in [9.17, 15) is 16.8 Å². The molecular weight excluding hydrogens is 299 g/mol. The molecule has 0 aliphatic carbocycles. The van der Waals surface area contributed by atoms with Crippen molar-refractivity contribution in [3.8, 4) is 0 Å². The molecule has 0 atom stereocenters. The van der Waals surface area contributed by atoms with E-state index < -0.39 is 20.8 Å². The summed E-state index contributed by atoms with van der Waals surface area (Å²) in [6.07, 6.45) is 0. The Kier molecular flexibility index (Phi) is 13.0. The second-order valence-electron chi connectivity index (χ2n) is 1.67. The van der Waals surface area contributed by atoms with Crippen molar-refractivity contribution in [3.63, 3.8) is 0 Å². The summed E-state index contributed by atoms with van der Waals surface area (Å²) in [5, 5.41) is 0. The molecule has 15 heavy (non-hydrogen) atoms. The van der Waals surface area contributed by atoms with Crippen LogP contribution in [0, 0.1) is 0 Å². The molecule has 0 aromatic rings. The van der Waals surface area contributed by atoms with Crippen LogP contribution in [0.3, 0.4) is 0 Å². The Morgan fingerprint density at radius 2 is 1.07 bits per heavy atom. The van der Waals surface area contributed by atoms with Crippen molar-refractivity contribution < 1.29 is 50.8 Å². The Hall–Kier alpha value is 0.234. The van der Waals surface area contributed by atoms with E-state index in [4.69, 9.17) is 9.11 Å². The van der Waals surface area contributed by atoms with Crippen LogP contribution in [0.25, 0.3) is 0 Å². The van der Waals surface area contributed by atoms with E-state index in [-0.39, 0.29) is 29.7 Å². The van der Waals surface area contributed by atoms with Crippen LogP contribution in [-0.2, 0) is 45.7 Å². The minimum absolute atomic E-state index is 0. The summed E-state index contributed by atoms with van der Waals surface area (Å²) in [6.45, 7) is 2.87. The van der Waals surface area contributed by atoms with E-state index in [0.717, 1.165) is 0 Å². The van der Waals surface area contributed by atoms with Crippen molar-refractivity contribution in [2.45, 2.75) is 13.8 Å². The molecule has 0 aliphatic heterocycles. The Morgan fingerprint density at radius 3 is 1.07 bits per heavy atom. The molecule has 0 fully saturated rings. The van der Waals surface area contributed by atoms with Crippen LogP contribution in [0.15, 0.2) is 0 Å². The third-order valence-corrected chi connectivity index (χ3v) is 1.60. The zero-order valence-electron chi connectivity index (χ0n) is 7.89. The van der Waals surface area contributed by atoms with Gasteiger partial charge in [0.1, 0.15) is 0 Å².